The minimum absolute atomic E-state index is 0.247. The molecule has 142 valence electrons. The summed E-state index contributed by atoms with van der Waals surface area (Å²) in [6, 6.07) is 6.40. The van der Waals surface area contributed by atoms with Gasteiger partial charge in [0.05, 0.1) is 5.41 Å². The number of hydrogen-bond donors (Lipinski definition) is 1. The molecule has 0 saturated heterocycles. The summed E-state index contributed by atoms with van der Waals surface area (Å²) in [5.74, 6) is 0.251. The van der Waals surface area contributed by atoms with E-state index in [-0.39, 0.29) is 11.3 Å². The van der Waals surface area contributed by atoms with Crippen LogP contribution in [0.5, 0.6) is 0 Å². The monoisotopic (exact) mass is 380 g/mol. The molecule has 1 N–H and O–H groups in total. The number of thiophene rings is 1. The first kappa shape index (κ1) is 17.4. The molecule has 1 unspecified atom stereocenters. The van der Waals surface area contributed by atoms with E-state index in [1.54, 1.807) is 10.4 Å². The van der Waals surface area contributed by atoms with Gasteiger partial charge in [0, 0.05) is 23.7 Å². The second kappa shape index (κ2) is 6.75. The minimum atomic E-state index is -0.247. The van der Waals surface area contributed by atoms with Crippen molar-refractivity contribution in [2.75, 3.05) is 18.4 Å². The lowest BCUT2D eigenvalue weighted by Gasteiger charge is -2.33. The molecule has 1 atom stereocenters. The van der Waals surface area contributed by atoms with Crippen LogP contribution in [0.2, 0.25) is 0 Å². The van der Waals surface area contributed by atoms with E-state index >= 15 is 0 Å². The maximum absolute atomic E-state index is 12.9. The Morgan fingerprint density at radius 3 is 3.11 bits per heavy atom. The van der Waals surface area contributed by atoms with Crippen LogP contribution in [0.25, 0.3) is 0 Å². The standard InChI is InChI=1S/C23H28N2OS/c1-16-15-27-20-9-13-25(14-18(16)20)12-3-2-10-23-11-5-7-17-6-4-8-19(21(17)23)24-22(23)26/h4,6,8,15H,2-3,5,7,9-14H2,1H3,(H,24,26). The molecule has 0 fully saturated rings. The van der Waals surface area contributed by atoms with Gasteiger partial charge in [-0.1, -0.05) is 18.6 Å². The van der Waals surface area contributed by atoms with Gasteiger partial charge in [-0.15, -0.1) is 11.3 Å². The summed E-state index contributed by atoms with van der Waals surface area (Å²) in [6.07, 6.45) is 7.80. The Balaban J connectivity index is 1.23. The van der Waals surface area contributed by atoms with E-state index in [1.165, 1.54) is 36.1 Å². The van der Waals surface area contributed by atoms with Crippen LogP contribution < -0.4 is 5.32 Å². The predicted molar refractivity (Wildman–Crippen MR) is 112 cm³/mol. The van der Waals surface area contributed by atoms with E-state index < -0.39 is 0 Å². The maximum Gasteiger partial charge on any atom is 0.235 e. The van der Waals surface area contributed by atoms with Gasteiger partial charge in [0.25, 0.3) is 0 Å². The molecule has 1 aromatic heterocycles. The SMILES string of the molecule is Cc1csc2c1CN(CCCCC13CCCc4cccc(c41)NC3=O)CC2. The number of carbonyl (C=O) groups excluding carboxylic acids is 1. The van der Waals surface area contributed by atoms with Crippen molar-refractivity contribution in [3.05, 3.63) is 50.7 Å². The zero-order valence-corrected chi connectivity index (χ0v) is 17.0. The van der Waals surface area contributed by atoms with Gasteiger partial charge in [0.2, 0.25) is 5.91 Å². The van der Waals surface area contributed by atoms with Crippen molar-refractivity contribution in [3.8, 4) is 0 Å². The van der Waals surface area contributed by atoms with Crippen molar-refractivity contribution in [2.24, 2.45) is 0 Å². The molecule has 3 heterocycles. The smallest absolute Gasteiger partial charge is 0.235 e. The number of anilines is 1. The quantitative estimate of drug-likeness (QED) is 0.755. The molecule has 0 saturated carbocycles. The average Bonchev–Trinajstić information content (AvgIpc) is 3.19. The molecule has 0 bridgehead atoms. The van der Waals surface area contributed by atoms with Crippen LogP contribution in [-0.2, 0) is 29.6 Å². The molecule has 0 radical (unpaired) electrons. The van der Waals surface area contributed by atoms with Crippen LogP contribution in [0.1, 0.15) is 59.2 Å². The second-order valence-electron chi connectivity index (χ2n) is 8.53. The fourth-order valence-electron chi connectivity index (χ4n) is 5.48. The second-order valence-corrected chi connectivity index (χ2v) is 9.50. The predicted octanol–water partition coefficient (Wildman–Crippen LogP) is 4.81. The maximum atomic E-state index is 12.9. The summed E-state index contributed by atoms with van der Waals surface area (Å²) in [7, 11) is 0. The van der Waals surface area contributed by atoms with E-state index in [9.17, 15) is 4.79 Å². The van der Waals surface area contributed by atoms with E-state index in [1.807, 2.05) is 11.3 Å². The van der Waals surface area contributed by atoms with Crippen molar-refractivity contribution in [3.63, 3.8) is 0 Å². The highest BCUT2D eigenvalue weighted by atomic mass is 32.1. The van der Waals surface area contributed by atoms with Gasteiger partial charge in [-0.2, -0.15) is 0 Å². The number of benzene rings is 1. The molecule has 1 aromatic carbocycles. The normalized spacial score (nSPS) is 23.8. The Morgan fingerprint density at radius 1 is 1.26 bits per heavy atom. The zero-order valence-electron chi connectivity index (χ0n) is 16.1. The zero-order chi connectivity index (χ0) is 18.4. The van der Waals surface area contributed by atoms with Gasteiger partial charge in [-0.3, -0.25) is 9.69 Å². The lowest BCUT2D eigenvalue weighted by Crippen LogP contribution is -2.37. The van der Waals surface area contributed by atoms with E-state index in [0.29, 0.717) is 0 Å². The third kappa shape index (κ3) is 2.85. The fourth-order valence-corrected chi connectivity index (χ4v) is 6.51. The number of unbranched alkanes of at least 4 members (excludes halogenated alkanes) is 1. The van der Waals surface area contributed by atoms with Gasteiger partial charge >= 0.3 is 0 Å². The van der Waals surface area contributed by atoms with Crippen LogP contribution in [0.4, 0.5) is 5.69 Å². The number of aryl methyl sites for hydroxylation is 2. The number of carbonyl (C=O) groups is 1. The molecular weight excluding hydrogens is 352 g/mol. The highest BCUT2D eigenvalue weighted by Crippen LogP contribution is 2.49. The van der Waals surface area contributed by atoms with Crippen LogP contribution >= 0.6 is 11.3 Å². The van der Waals surface area contributed by atoms with Crippen molar-refractivity contribution in [1.29, 1.82) is 0 Å². The Morgan fingerprint density at radius 2 is 2.19 bits per heavy atom. The highest BCUT2D eigenvalue weighted by Gasteiger charge is 2.48. The first-order chi connectivity index (χ1) is 13.2. The van der Waals surface area contributed by atoms with Crippen molar-refractivity contribution in [1.82, 2.24) is 4.90 Å². The summed E-state index contributed by atoms with van der Waals surface area (Å²) < 4.78 is 0. The van der Waals surface area contributed by atoms with Crippen LogP contribution in [0.3, 0.4) is 0 Å². The van der Waals surface area contributed by atoms with E-state index in [0.717, 1.165) is 50.9 Å². The lowest BCUT2D eigenvalue weighted by atomic mass is 9.68. The number of nitrogens with zero attached hydrogens (tertiary/aromatic N) is 1. The molecule has 2 aliphatic heterocycles. The molecular formula is C23H28N2OS. The summed E-state index contributed by atoms with van der Waals surface area (Å²) in [6.45, 7) is 5.70. The molecule has 0 spiro atoms. The molecule has 2 aromatic rings. The summed E-state index contributed by atoms with van der Waals surface area (Å²) in [5.41, 5.74) is 6.60. The number of nitrogens with one attached hydrogen (secondary N) is 1. The highest BCUT2D eigenvalue weighted by molar-refractivity contribution is 7.10. The van der Waals surface area contributed by atoms with Gasteiger partial charge < -0.3 is 5.32 Å². The van der Waals surface area contributed by atoms with E-state index in [4.69, 9.17) is 0 Å². The molecule has 1 amide bonds. The van der Waals surface area contributed by atoms with Crippen molar-refractivity contribution in [2.45, 2.75) is 63.8 Å². The largest absolute Gasteiger partial charge is 0.325 e. The minimum Gasteiger partial charge on any atom is -0.325 e. The number of amides is 1. The van der Waals surface area contributed by atoms with Crippen LogP contribution in [0.15, 0.2) is 23.6 Å². The summed E-state index contributed by atoms with van der Waals surface area (Å²) in [5, 5.41) is 5.49. The lowest BCUT2D eigenvalue weighted by molar-refractivity contribution is -0.121. The Bertz CT molecular complexity index is 886. The summed E-state index contributed by atoms with van der Waals surface area (Å²) >= 11 is 1.93. The Hall–Kier alpha value is -1.65. The third-order valence-corrected chi connectivity index (χ3v) is 8.12. The summed E-state index contributed by atoms with van der Waals surface area (Å²) in [4.78, 5) is 17.1. The number of fused-ring (bicyclic) bond motifs is 1. The molecule has 3 aliphatic rings. The Kier molecular flexibility index (Phi) is 4.36. The fraction of sp³-hybridized carbons (Fsp3) is 0.522. The number of hydrogen-bond acceptors (Lipinski definition) is 3. The van der Waals surface area contributed by atoms with Gasteiger partial charge in [-0.25, -0.2) is 0 Å². The average molecular weight is 381 g/mol. The van der Waals surface area contributed by atoms with Gasteiger partial charge in [0.15, 0.2) is 0 Å². The molecule has 27 heavy (non-hydrogen) atoms. The topological polar surface area (TPSA) is 32.3 Å². The Labute approximate surface area is 165 Å². The first-order valence-corrected chi connectivity index (χ1v) is 11.3. The molecule has 5 rings (SSSR count). The van der Waals surface area contributed by atoms with Crippen molar-refractivity contribution >= 4 is 22.9 Å². The third-order valence-electron chi connectivity index (χ3n) is 6.92. The molecule has 4 heteroatoms. The van der Waals surface area contributed by atoms with Crippen LogP contribution in [0, 0.1) is 6.92 Å². The van der Waals surface area contributed by atoms with E-state index in [2.05, 4.69) is 40.7 Å². The molecule has 3 nitrogen and oxygen atoms in total. The molecule has 1 aliphatic carbocycles. The first-order valence-electron chi connectivity index (χ1n) is 10.4. The number of rotatable bonds is 5. The van der Waals surface area contributed by atoms with Gasteiger partial charge in [0.1, 0.15) is 0 Å². The van der Waals surface area contributed by atoms with Crippen LogP contribution in [-0.4, -0.2) is 23.9 Å². The van der Waals surface area contributed by atoms with Gasteiger partial charge in [-0.05, 0) is 85.7 Å². The van der Waals surface area contributed by atoms with Crippen molar-refractivity contribution < 1.29 is 4.79 Å².